The predicted octanol–water partition coefficient (Wildman–Crippen LogP) is -0.897. The molecule has 1 aromatic rings. The molecule has 0 bridgehead atoms. The Labute approximate surface area is 112 Å². The fourth-order valence-electron chi connectivity index (χ4n) is 1.36. The number of ketones is 1. The lowest BCUT2D eigenvalue weighted by Gasteiger charge is -2.09. The van der Waals surface area contributed by atoms with Gasteiger partial charge in [0.25, 0.3) is 0 Å². The highest BCUT2D eigenvalue weighted by molar-refractivity contribution is 5.84. The summed E-state index contributed by atoms with van der Waals surface area (Å²) < 4.78 is 0. The number of hydrogen-bond acceptors (Lipinski definition) is 6. The normalized spacial score (nSPS) is 10.0. The van der Waals surface area contributed by atoms with Crippen LogP contribution in [0.15, 0.2) is 11.3 Å². The molecule has 0 aliphatic heterocycles. The van der Waals surface area contributed by atoms with Crippen LogP contribution in [0.2, 0.25) is 0 Å². The molecule has 0 aliphatic rings. The standard InChI is InChI=1S/C11H19N7O/c1-18(2)11-16-7-15-9(17-11)5-3-4-8(19)6-14-10(12)13/h7H,3-6H2,1-2H3,(H4,12,13,14). The van der Waals surface area contributed by atoms with Crippen LogP contribution in [0.25, 0.3) is 0 Å². The Hall–Kier alpha value is -2.25. The van der Waals surface area contributed by atoms with E-state index in [2.05, 4.69) is 19.9 Å². The summed E-state index contributed by atoms with van der Waals surface area (Å²) in [6, 6.07) is 0. The van der Waals surface area contributed by atoms with Crippen molar-refractivity contribution in [3.8, 4) is 0 Å². The van der Waals surface area contributed by atoms with Gasteiger partial charge in [-0.1, -0.05) is 0 Å². The van der Waals surface area contributed by atoms with Crippen LogP contribution in [0, 0.1) is 0 Å². The minimum atomic E-state index is -0.0681. The average Bonchev–Trinajstić information content (AvgIpc) is 2.36. The van der Waals surface area contributed by atoms with Gasteiger partial charge >= 0.3 is 0 Å². The third-order valence-corrected chi connectivity index (χ3v) is 2.30. The third kappa shape index (κ3) is 5.75. The molecule has 8 nitrogen and oxygen atoms in total. The molecular weight excluding hydrogens is 246 g/mol. The number of nitrogens with zero attached hydrogens (tertiary/aromatic N) is 5. The van der Waals surface area contributed by atoms with E-state index in [1.54, 1.807) is 4.90 Å². The van der Waals surface area contributed by atoms with E-state index in [1.807, 2.05) is 14.1 Å². The Kier molecular flexibility index (Phi) is 5.65. The molecule has 104 valence electrons. The molecule has 1 rings (SSSR count). The molecule has 1 aromatic heterocycles. The zero-order valence-electron chi connectivity index (χ0n) is 11.2. The number of aliphatic imine (C=N–C) groups is 1. The second kappa shape index (κ2) is 7.24. The number of carbonyl (C=O) groups excluding carboxylic acids is 1. The Morgan fingerprint density at radius 3 is 2.74 bits per heavy atom. The SMILES string of the molecule is CN(C)c1ncnc(CCCC(=O)CN=C(N)N)n1. The van der Waals surface area contributed by atoms with Crippen LogP contribution in [0.5, 0.6) is 0 Å². The highest BCUT2D eigenvalue weighted by Gasteiger charge is 2.05. The number of guanidine groups is 1. The van der Waals surface area contributed by atoms with E-state index in [0.717, 1.165) is 0 Å². The first-order chi connectivity index (χ1) is 8.99. The van der Waals surface area contributed by atoms with Gasteiger partial charge in [-0.05, 0) is 6.42 Å². The number of aromatic nitrogens is 3. The van der Waals surface area contributed by atoms with Crippen molar-refractivity contribution in [1.82, 2.24) is 15.0 Å². The maximum atomic E-state index is 11.4. The maximum absolute atomic E-state index is 11.4. The van der Waals surface area contributed by atoms with E-state index < -0.39 is 0 Å². The number of carbonyl (C=O) groups is 1. The number of hydrogen-bond donors (Lipinski definition) is 2. The minimum absolute atomic E-state index is 0.00436. The topological polar surface area (TPSA) is 123 Å². The van der Waals surface area contributed by atoms with Crippen molar-refractivity contribution in [3.63, 3.8) is 0 Å². The molecule has 1 heterocycles. The second-order valence-corrected chi connectivity index (χ2v) is 4.23. The van der Waals surface area contributed by atoms with Crippen LogP contribution >= 0.6 is 0 Å². The van der Waals surface area contributed by atoms with Crippen molar-refractivity contribution in [2.75, 3.05) is 25.5 Å². The molecule has 0 fully saturated rings. The first-order valence-corrected chi connectivity index (χ1v) is 5.91. The lowest BCUT2D eigenvalue weighted by atomic mass is 10.1. The summed E-state index contributed by atoms with van der Waals surface area (Å²) in [5, 5.41) is 0. The summed E-state index contributed by atoms with van der Waals surface area (Å²) in [5.74, 6) is 1.21. The van der Waals surface area contributed by atoms with Gasteiger partial charge in [0, 0.05) is 26.9 Å². The van der Waals surface area contributed by atoms with Crippen molar-refractivity contribution < 1.29 is 4.79 Å². The van der Waals surface area contributed by atoms with E-state index in [0.29, 0.717) is 31.0 Å². The van der Waals surface area contributed by atoms with Crippen LogP contribution in [0.3, 0.4) is 0 Å². The molecule has 0 atom stereocenters. The van der Waals surface area contributed by atoms with Crippen LogP contribution in [-0.2, 0) is 11.2 Å². The Bertz CT molecular complexity index is 454. The Balaban J connectivity index is 2.39. The van der Waals surface area contributed by atoms with Crippen molar-refractivity contribution in [2.24, 2.45) is 16.5 Å². The molecule has 0 saturated carbocycles. The van der Waals surface area contributed by atoms with Gasteiger partial charge in [0.1, 0.15) is 18.7 Å². The predicted molar refractivity (Wildman–Crippen MR) is 72.8 cm³/mol. The van der Waals surface area contributed by atoms with Crippen LogP contribution in [0.4, 0.5) is 5.95 Å². The van der Waals surface area contributed by atoms with Gasteiger partial charge in [-0.15, -0.1) is 0 Å². The third-order valence-electron chi connectivity index (χ3n) is 2.30. The number of nitrogens with two attached hydrogens (primary N) is 2. The summed E-state index contributed by atoms with van der Waals surface area (Å²) in [6.07, 6.45) is 3.16. The lowest BCUT2D eigenvalue weighted by molar-refractivity contribution is -0.117. The quantitative estimate of drug-likeness (QED) is 0.483. The highest BCUT2D eigenvalue weighted by Crippen LogP contribution is 2.04. The zero-order valence-corrected chi connectivity index (χ0v) is 11.2. The molecule has 0 unspecified atom stereocenters. The fourth-order valence-corrected chi connectivity index (χ4v) is 1.36. The number of aryl methyl sites for hydroxylation is 1. The van der Waals surface area contributed by atoms with E-state index in [-0.39, 0.29) is 18.3 Å². The lowest BCUT2D eigenvalue weighted by Crippen LogP contribution is -2.24. The maximum Gasteiger partial charge on any atom is 0.228 e. The van der Waals surface area contributed by atoms with Crippen molar-refractivity contribution in [1.29, 1.82) is 0 Å². The fraction of sp³-hybridized carbons (Fsp3) is 0.545. The molecule has 0 saturated heterocycles. The monoisotopic (exact) mass is 265 g/mol. The van der Waals surface area contributed by atoms with Crippen LogP contribution in [-0.4, -0.2) is 47.3 Å². The summed E-state index contributed by atoms with van der Waals surface area (Å²) >= 11 is 0. The largest absolute Gasteiger partial charge is 0.370 e. The molecule has 0 aliphatic carbocycles. The number of anilines is 1. The number of rotatable bonds is 7. The molecule has 0 radical (unpaired) electrons. The van der Waals surface area contributed by atoms with Gasteiger partial charge < -0.3 is 16.4 Å². The minimum Gasteiger partial charge on any atom is -0.370 e. The zero-order chi connectivity index (χ0) is 14.3. The second-order valence-electron chi connectivity index (χ2n) is 4.23. The summed E-state index contributed by atoms with van der Waals surface area (Å²) in [7, 11) is 3.72. The molecule has 0 spiro atoms. The molecule has 4 N–H and O–H groups in total. The van der Waals surface area contributed by atoms with Crippen molar-refractivity contribution >= 4 is 17.7 Å². The van der Waals surface area contributed by atoms with Gasteiger partial charge in [-0.25, -0.2) is 15.0 Å². The van der Waals surface area contributed by atoms with Gasteiger partial charge in [0.05, 0.1) is 0 Å². The summed E-state index contributed by atoms with van der Waals surface area (Å²) in [6.45, 7) is 0.0302. The van der Waals surface area contributed by atoms with Gasteiger partial charge in [-0.2, -0.15) is 4.98 Å². The van der Waals surface area contributed by atoms with Crippen LogP contribution in [0.1, 0.15) is 18.7 Å². The first kappa shape index (κ1) is 14.8. The van der Waals surface area contributed by atoms with Crippen molar-refractivity contribution in [3.05, 3.63) is 12.2 Å². The molecule has 0 aromatic carbocycles. The summed E-state index contributed by atoms with van der Waals surface area (Å²) in [5.41, 5.74) is 10.3. The molecule has 19 heavy (non-hydrogen) atoms. The van der Waals surface area contributed by atoms with E-state index >= 15 is 0 Å². The number of Topliss-reactive ketones (excluding diaryl/α,β-unsaturated/α-hetero) is 1. The van der Waals surface area contributed by atoms with Crippen molar-refractivity contribution in [2.45, 2.75) is 19.3 Å². The Morgan fingerprint density at radius 1 is 1.37 bits per heavy atom. The van der Waals surface area contributed by atoms with Gasteiger partial charge in [-0.3, -0.25) is 4.79 Å². The van der Waals surface area contributed by atoms with Gasteiger partial charge in [0.2, 0.25) is 5.95 Å². The van der Waals surface area contributed by atoms with Crippen LogP contribution < -0.4 is 16.4 Å². The average molecular weight is 265 g/mol. The van der Waals surface area contributed by atoms with E-state index in [4.69, 9.17) is 11.5 Å². The first-order valence-electron chi connectivity index (χ1n) is 5.91. The Morgan fingerprint density at radius 2 is 2.11 bits per heavy atom. The summed E-state index contributed by atoms with van der Waals surface area (Å²) in [4.78, 5) is 29.3. The highest BCUT2D eigenvalue weighted by atomic mass is 16.1. The molecular formula is C11H19N7O. The molecule has 8 heteroatoms. The molecule has 0 amide bonds. The smallest absolute Gasteiger partial charge is 0.228 e. The van der Waals surface area contributed by atoms with E-state index in [1.165, 1.54) is 6.33 Å². The van der Waals surface area contributed by atoms with Gasteiger partial charge in [0.15, 0.2) is 11.7 Å². The van der Waals surface area contributed by atoms with E-state index in [9.17, 15) is 4.79 Å².